The van der Waals surface area contributed by atoms with Gasteiger partial charge in [-0.15, -0.1) is 0 Å². The van der Waals surface area contributed by atoms with Crippen molar-refractivity contribution in [3.05, 3.63) is 0 Å². The van der Waals surface area contributed by atoms with Gasteiger partial charge < -0.3 is 15.3 Å². The highest BCUT2D eigenvalue weighted by Gasteiger charge is 2.38. The first-order chi connectivity index (χ1) is 9.20. The third-order valence-corrected chi connectivity index (χ3v) is 3.42. The maximum Gasteiger partial charge on any atom is 0.415 e. The Morgan fingerprint density at radius 1 is 1.40 bits per heavy atom. The second kappa shape index (κ2) is 7.24. The predicted octanol–water partition coefficient (Wildman–Crippen LogP) is 0.0518. The molecule has 1 amide bonds. The number of piperidine rings is 1. The van der Waals surface area contributed by atoms with E-state index in [0.717, 1.165) is 0 Å². The van der Waals surface area contributed by atoms with Crippen molar-refractivity contribution >= 4 is 5.91 Å². The molecule has 5 nitrogen and oxygen atoms in total. The summed E-state index contributed by atoms with van der Waals surface area (Å²) in [7, 11) is 3.38. The molecule has 8 heteroatoms. The summed E-state index contributed by atoms with van der Waals surface area (Å²) in [4.78, 5) is 15.0. The van der Waals surface area contributed by atoms with Crippen LogP contribution in [0.4, 0.5) is 13.2 Å². The lowest BCUT2D eigenvalue weighted by Crippen LogP contribution is -2.48. The van der Waals surface area contributed by atoms with Crippen molar-refractivity contribution in [1.29, 1.82) is 0 Å². The van der Waals surface area contributed by atoms with Gasteiger partial charge >= 0.3 is 6.18 Å². The summed E-state index contributed by atoms with van der Waals surface area (Å²) in [5, 5.41) is 11.6. The maximum atomic E-state index is 12.1. The summed E-state index contributed by atoms with van der Waals surface area (Å²) in [6, 6.07) is -0.0438. The zero-order valence-electron chi connectivity index (χ0n) is 11.8. The van der Waals surface area contributed by atoms with Gasteiger partial charge in [0.1, 0.15) is 0 Å². The van der Waals surface area contributed by atoms with E-state index in [4.69, 9.17) is 5.11 Å². The predicted molar refractivity (Wildman–Crippen MR) is 68.2 cm³/mol. The van der Waals surface area contributed by atoms with Gasteiger partial charge in [0, 0.05) is 39.8 Å². The zero-order chi connectivity index (χ0) is 15.3. The van der Waals surface area contributed by atoms with Crippen LogP contribution in [0.1, 0.15) is 12.8 Å². The second-order valence-electron chi connectivity index (χ2n) is 5.30. The SMILES string of the molecule is CN(C)C(=O)CN1CCC(NCC(O)C(F)(F)F)CC1. The van der Waals surface area contributed by atoms with Crippen LogP contribution in [0, 0.1) is 0 Å². The minimum atomic E-state index is -4.58. The summed E-state index contributed by atoms with van der Waals surface area (Å²) < 4.78 is 36.4. The van der Waals surface area contributed by atoms with Crippen LogP contribution in [0.3, 0.4) is 0 Å². The normalized spacial score (nSPS) is 19.9. The third kappa shape index (κ3) is 5.64. The number of likely N-dealkylation sites (tertiary alicyclic amines) is 1. The van der Waals surface area contributed by atoms with Crippen LogP contribution >= 0.6 is 0 Å². The lowest BCUT2D eigenvalue weighted by molar-refractivity contribution is -0.202. The fourth-order valence-electron chi connectivity index (χ4n) is 2.02. The lowest BCUT2D eigenvalue weighted by atomic mass is 10.0. The van der Waals surface area contributed by atoms with E-state index in [1.165, 1.54) is 4.90 Å². The van der Waals surface area contributed by atoms with Crippen LogP contribution in [-0.4, -0.2) is 79.4 Å². The lowest BCUT2D eigenvalue weighted by Gasteiger charge is -2.33. The highest BCUT2D eigenvalue weighted by molar-refractivity contribution is 5.77. The van der Waals surface area contributed by atoms with E-state index in [2.05, 4.69) is 5.32 Å². The van der Waals surface area contributed by atoms with Gasteiger partial charge in [-0.05, 0) is 12.8 Å². The fourth-order valence-corrected chi connectivity index (χ4v) is 2.02. The number of halogens is 3. The van der Waals surface area contributed by atoms with Crippen LogP contribution < -0.4 is 5.32 Å². The monoisotopic (exact) mass is 297 g/mol. The summed E-state index contributed by atoms with van der Waals surface area (Å²) in [6.07, 6.45) is -5.56. The molecule has 0 aromatic rings. The number of carbonyl (C=O) groups excluding carboxylic acids is 1. The number of hydrogen-bond acceptors (Lipinski definition) is 4. The molecule has 0 saturated carbocycles. The van der Waals surface area contributed by atoms with Crippen molar-refractivity contribution in [1.82, 2.24) is 15.1 Å². The second-order valence-corrected chi connectivity index (χ2v) is 5.30. The first-order valence-corrected chi connectivity index (χ1v) is 6.61. The standard InChI is InChI=1S/C12H22F3N3O2/c1-17(2)11(20)8-18-5-3-9(4-6-18)16-7-10(19)12(13,14)15/h9-10,16,19H,3-8H2,1-2H3. The van der Waals surface area contributed by atoms with Gasteiger partial charge in [-0.2, -0.15) is 13.2 Å². The van der Waals surface area contributed by atoms with Gasteiger partial charge in [-0.25, -0.2) is 0 Å². The molecule has 2 N–H and O–H groups in total. The summed E-state index contributed by atoms with van der Waals surface area (Å²) >= 11 is 0. The molecule has 1 aliphatic rings. The van der Waals surface area contributed by atoms with E-state index in [-0.39, 0.29) is 11.9 Å². The molecule has 1 unspecified atom stereocenters. The molecule has 1 saturated heterocycles. The molecule has 0 bridgehead atoms. The Kier molecular flexibility index (Phi) is 6.22. The summed E-state index contributed by atoms with van der Waals surface area (Å²) in [6.45, 7) is 1.19. The van der Waals surface area contributed by atoms with Gasteiger partial charge in [0.25, 0.3) is 0 Å². The molecule has 0 radical (unpaired) electrons. The molecular formula is C12H22F3N3O2. The number of nitrogens with one attached hydrogen (secondary N) is 1. The van der Waals surface area contributed by atoms with Crippen LogP contribution in [0.5, 0.6) is 0 Å². The van der Waals surface area contributed by atoms with E-state index in [1.807, 2.05) is 4.90 Å². The van der Waals surface area contributed by atoms with Crippen molar-refractivity contribution in [3.8, 4) is 0 Å². The van der Waals surface area contributed by atoms with E-state index in [1.54, 1.807) is 14.1 Å². The largest absolute Gasteiger partial charge is 0.415 e. The van der Waals surface area contributed by atoms with Crippen LogP contribution in [0.2, 0.25) is 0 Å². The molecule has 1 rings (SSSR count). The first-order valence-electron chi connectivity index (χ1n) is 6.61. The van der Waals surface area contributed by atoms with Crippen molar-refractivity contribution in [3.63, 3.8) is 0 Å². The highest BCUT2D eigenvalue weighted by Crippen LogP contribution is 2.20. The van der Waals surface area contributed by atoms with Crippen molar-refractivity contribution in [2.45, 2.75) is 31.2 Å². The Labute approximate surface area is 116 Å². The minimum Gasteiger partial charge on any atom is -0.382 e. The molecule has 20 heavy (non-hydrogen) atoms. The van der Waals surface area contributed by atoms with E-state index < -0.39 is 18.8 Å². The third-order valence-electron chi connectivity index (χ3n) is 3.42. The smallest absolute Gasteiger partial charge is 0.382 e. The molecule has 1 aliphatic heterocycles. The number of hydrogen-bond donors (Lipinski definition) is 2. The number of alkyl halides is 3. The van der Waals surface area contributed by atoms with Gasteiger partial charge in [0.2, 0.25) is 5.91 Å². The average Bonchev–Trinajstić information content (AvgIpc) is 2.36. The average molecular weight is 297 g/mol. The molecular weight excluding hydrogens is 275 g/mol. The summed E-state index contributed by atoms with van der Waals surface area (Å²) in [5.74, 6) is 0.0175. The van der Waals surface area contributed by atoms with Crippen LogP contribution in [-0.2, 0) is 4.79 Å². The number of amides is 1. The Morgan fingerprint density at radius 3 is 2.40 bits per heavy atom. The number of rotatable bonds is 5. The van der Waals surface area contributed by atoms with Crippen molar-refractivity contribution in [2.75, 3.05) is 40.3 Å². The highest BCUT2D eigenvalue weighted by atomic mass is 19.4. The number of aliphatic hydroxyl groups excluding tert-OH is 1. The van der Waals surface area contributed by atoms with Crippen LogP contribution in [0.25, 0.3) is 0 Å². The van der Waals surface area contributed by atoms with E-state index >= 15 is 0 Å². The number of likely N-dealkylation sites (N-methyl/N-ethyl adjacent to an activating group) is 1. The van der Waals surface area contributed by atoms with Gasteiger partial charge in [0.05, 0.1) is 6.54 Å². The summed E-state index contributed by atoms with van der Waals surface area (Å²) in [5.41, 5.74) is 0. The molecule has 0 spiro atoms. The van der Waals surface area contributed by atoms with Gasteiger partial charge in [0.15, 0.2) is 6.10 Å². The maximum absolute atomic E-state index is 12.1. The van der Waals surface area contributed by atoms with Crippen LogP contribution in [0.15, 0.2) is 0 Å². The molecule has 1 fully saturated rings. The number of nitrogens with zero attached hydrogens (tertiary/aromatic N) is 2. The van der Waals surface area contributed by atoms with Gasteiger partial charge in [-0.1, -0.05) is 0 Å². The Bertz CT molecular complexity index is 316. The quantitative estimate of drug-likeness (QED) is 0.753. The number of carbonyl (C=O) groups is 1. The Balaban J connectivity index is 2.24. The van der Waals surface area contributed by atoms with Crippen molar-refractivity contribution in [2.24, 2.45) is 0 Å². The topological polar surface area (TPSA) is 55.8 Å². The van der Waals surface area contributed by atoms with E-state index in [9.17, 15) is 18.0 Å². The van der Waals surface area contributed by atoms with Crippen molar-refractivity contribution < 1.29 is 23.1 Å². The fraction of sp³-hybridized carbons (Fsp3) is 0.917. The Morgan fingerprint density at radius 2 is 1.95 bits per heavy atom. The number of aliphatic hydroxyl groups is 1. The molecule has 0 aromatic carbocycles. The van der Waals surface area contributed by atoms with Gasteiger partial charge in [-0.3, -0.25) is 9.69 Å². The zero-order valence-corrected chi connectivity index (χ0v) is 11.8. The first kappa shape index (κ1) is 17.2. The molecule has 118 valence electrons. The van der Waals surface area contributed by atoms with E-state index in [0.29, 0.717) is 32.5 Å². The molecule has 0 aliphatic carbocycles. The molecule has 1 heterocycles. The minimum absolute atomic E-state index is 0.0175. The molecule has 1 atom stereocenters. The molecule has 0 aromatic heterocycles. The Hall–Kier alpha value is -0.860.